The molecule has 1 heterocycles. The lowest BCUT2D eigenvalue weighted by molar-refractivity contribution is 0.102. The third kappa shape index (κ3) is 4.86. The summed E-state index contributed by atoms with van der Waals surface area (Å²) >= 11 is 0. The summed E-state index contributed by atoms with van der Waals surface area (Å²) in [6.45, 7) is 0.699. The molecule has 1 amide bonds. The second-order valence-corrected chi connectivity index (χ2v) is 6.06. The molecule has 140 valence electrons. The molecule has 28 heavy (non-hydrogen) atoms. The maximum absolute atomic E-state index is 12.3. The number of para-hydroxylation sites is 1. The topological polar surface area (TPSA) is 87.0 Å². The number of ether oxygens (including phenoxy) is 1. The minimum absolute atomic E-state index is 0.252. The third-order valence-corrected chi connectivity index (χ3v) is 4.19. The van der Waals surface area contributed by atoms with Crippen molar-refractivity contribution in [2.45, 2.75) is 6.42 Å². The van der Waals surface area contributed by atoms with E-state index in [9.17, 15) is 4.79 Å². The minimum Gasteiger partial charge on any atom is -0.496 e. The molecule has 0 saturated heterocycles. The van der Waals surface area contributed by atoms with E-state index in [1.54, 1.807) is 43.5 Å². The summed E-state index contributed by atoms with van der Waals surface area (Å²) in [6, 6.07) is 20.1. The predicted molar refractivity (Wildman–Crippen MR) is 109 cm³/mol. The molecule has 0 aliphatic heterocycles. The van der Waals surface area contributed by atoms with Crippen molar-refractivity contribution in [3.05, 3.63) is 83.6 Å². The number of methoxy groups -OCH3 is 1. The number of nitrogens with one attached hydrogen (secondary N) is 2. The summed E-state index contributed by atoms with van der Waals surface area (Å²) in [7, 11) is 1.66. The highest BCUT2D eigenvalue weighted by Gasteiger charge is 2.07. The predicted octanol–water partition coefficient (Wildman–Crippen LogP) is 3.87. The maximum atomic E-state index is 12.3. The van der Waals surface area contributed by atoms with Crippen LogP contribution in [0.2, 0.25) is 0 Å². The first-order chi connectivity index (χ1) is 13.7. The number of aromatic nitrogens is 1. The zero-order valence-corrected chi connectivity index (χ0v) is 15.5. The molecule has 6 heteroatoms. The standard InChI is InChI=1S/C22H20N4O2/c1-28-20-5-3-2-4-17(20)12-13-24-21-11-8-18(15-25-21)22(27)26-19-9-6-16(14-23)7-10-19/h2-11,15H,12-13H2,1H3,(H,24,25)(H,26,27). The molecule has 0 fully saturated rings. The Kier molecular flexibility index (Phi) is 6.21. The van der Waals surface area contributed by atoms with E-state index in [2.05, 4.69) is 15.6 Å². The van der Waals surface area contributed by atoms with E-state index in [4.69, 9.17) is 10.00 Å². The highest BCUT2D eigenvalue weighted by atomic mass is 16.5. The van der Waals surface area contributed by atoms with Gasteiger partial charge in [0, 0.05) is 18.4 Å². The molecule has 0 saturated carbocycles. The molecule has 2 aromatic carbocycles. The number of hydrogen-bond acceptors (Lipinski definition) is 5. The van der Waals surface area contributed by atoms with Gasteiger partial charge in [0.2, 0.25) is 0 Å². The Hall–Kier alpha value is -3.85. The monoisotopic (exact) mass is 372 g/mol. The van der Waals surface area contributed by atoms with Crippen LogP contribution in [0.15, 0.2) is 66.9 Å². The summed E-state index contributed by atoms with van der Waals surface area (Å²) in [5.41, 5.74) is 2.75. The van der Waals surface area contributed by atoms with Gasteiger partial charge in [-0.25, -0.2) is 4.98 Å². The number of hydrogen-bond donors (Lipinski definition) is 2. The average Bonchev–Trinajstić information content (AvgIpc) is 2.75. The maximum Gasteiger partial charge on any atom is 0.257 e. The lowest BCUT2D eigenvalue weighted by atomic mass is 10.1. The zero-order chi connectivity index (χ0) is 19.8. The largest absolute Gasteiger partial charge is 0.496 e. The Bertz CT molecular complexity index is 977. The first kappa shape index (κ1) is 18.9. The van der Waals surface area contributed by atoms with Crippen molar-refractivity contribution in [3.63, 3.8) is 0 Å². The van der Waals surface area contributed by atoms with Gasteiger partial charge in [-0.1, -0.05) is 18.2 Å². The van der Waals surface area contributed by atoms with Crippen LogP contribution in [0.5, 0.6) is 5.75 Å². The van der Waals surface area contributed by atoms with Crippen LogP contribution in [0.1, 0.15) is 21.5 Å². The molecule has 3 rings (SSSR count). The number of nitriles is 1. The summed E-state index contributed by atoms with van der Waals surface area (Å²) in [5, 5.41) is 14.8. The van der Waals surface area contributed by atoms with Crippen molar-refractivity contribution >= 4 is 17.4 Å². The van der Waals surface area contributed by atoms with Gasteiger partial charge in [0.15, 0.2) is 0 Å². The van der Waals surface area contributed by atoms with E-state index in [1.165, 1.54) is 6.20 Å². The molecule has 0 radical (unpaired) electrons. The van der Waals surface area contributed by atoms with Crippen molar-refractivity contribution in [1.82, 2.24) is 4.98 Å². The molecular formula is C22H20N4O2. The van der Waals surface area contributed by atoms with Crippen molar-refractivity contribution in [1.29, 1.82) is 5.26 Å². The van der Waals surface area contributed by atoms with Crippen LogP contribution in [0.4, 0.5) is 11.5 Å². The van der Waals surface area contributed by atoms with Gasteiger partial charge in [-0.05, 0) is 54.4 Å². The molecule has 6 nitrogen and oxygen atoms in total. The summed E-state index contributed by atoms with van der Waals surface area (Å²) in [4.78, 5) is 16.6. The Balaban J connectivity index is 1.54. The number of benzene rings is 2. The van der Waals surface area contributed by atoms with Gasteiger partial charge >= 0.3 is 0 Å². The Morgan fingerprint density at radius 3 is 2.57 bits per heavy atom. The van der Waals surface area contributed by atoms with Gasteiger partial charge < -0.3 is 15.4 Å². The number of amides is 1. The zero-order valence-electron chi connectivity index (χ0n) is 15.5. The van der Waals surface area contributed by atoms with E-state index >= 15 is 0 Å². The highest BCUT2D eigenvalue weighted by Crippen LogP contribution is 2.18. The van der Waals surface area contributed by atoms with Crippen LogP contribution >= 0.6 is 0 Å². The number of pyridine rings is 1. The fourth-order valence-corrected chi connectivity index (χ4v) is 2.70. The third-order valence-electron chi connectivity index (χ3n) is 4.19. The van der Waals surface area contributed by atoms with E-state index in [0.717, 1.165) is 17.7 Å². The number of carbonyl (C=O) groups is 1. The average molecular weight is 372 g/mol. The summed E-state index contributed by atoms with van der Waals surface area (Å²) in [5.74, 6) is 1.31. The quantitative estimate of drug-likeness (QED) is 0.657. The number of carbonyl (C=O) groups excluding carboxylic acids is 1. The molecular weight excluding hydrogens is 352 g/mol. The van der Waals surface area contributed by atoms with Crippen molar-refractivity contribution < 1.29 is 9.53 Å². The fraction of sp³-hybridized carbons (Fsp3) is 0.136. The minimum atomic E-state index is -0.252. The van der Waals surface area contributed by atoms with Crippen LogP contribution in [0.3, 0.4) is 0 Å². The first-order valence-corrected chi connectivity index (χ1v) is 8.83. The van der Waals surface area contributed by atoms with Crippen LogP contribution in [-0.4, -0.2) is 24.5 Å². The lowest BCUT2D eigenvalue weighted by Gasteiger charge is -2.10. The first-order valence-electron chi connectivity index (χ1n) is 8.83. The Labute approximate surface area is 163 Å². The summed E-state index contributed by atoms with van der Waals surface area (Å²) in [6.07, 6.45) is 2.33. The molecule has 0 spiro atoms. The Morgan fingerprint density at radius 1 is 1.11 bits per heavy atom. The molecule has 0 aliphatic rings. The second-order valence-electron chi connectivity index (χ2n) is 6.06. The van der Waals surface area contributed by atoms with Crippen molar-refractivity contribution in [2.24, 2.45) is 0 Å². The molecule has 1 aromatic heterocycles. The van der Waals surface area contributed by atoms with E-state index in [-0.39, 0.29) is 5.91 Å². The fourth-order valence-electron chi connectivity index (χ4n) is 2.70. The van der Waals surface area contributed by atoms with Crippen LogP contribution in [-0.2, 0) is 6.42 Å². The van der Waals surface area contributed by atoms with E-state index < -0.39 is 0 Å². The smallest absolute Gasteiger partial charge is 0.257 e. The van der Waals surface area contributed by atoms with E-state index in [0.29, 0.717) is 29.2 Å². The second kappa shape index (κ2) is 9.19. The van der Waals surface area contributed by atoms with Gasteiger partial charge in [0.25, 0.3) is 5.91 Å². The number of nitrogens with zero attached hydrogens (tertiary/aromatic N) is 2. The molecule has 0 bridgehead atoms. The van der Waals surface area contributed by atoms with Crippen molar-refractivity contribution in [3.8, 4) is 11.8 Å². The molecule has 3 aromatic rings. The van der Waals surface area contributed by atoms with Gasteiger partial charge in [-0.2, -0.15) is 5.26 Å². The highest BCUT2D eigenvalue weighted by molar-refractivity contribution is 6.04. The van der Waals surface area contributed by atoms with Gasteiger partial charge in [0.05, 0.1) is 24.3 Å². The molecule has 0 aliphatic carbocycles. The van der Waals surface area contributed by atoms with Gasteiger partial charge in [0.1, 0.15) is 11.6 Å². The molecule has 2 N–H and O–H groups in total. The molecule has 0 atom stereocenters. The van der Waals surface area contributed by atoms with Crippen LogP contribution < -0.4 is 15.4 Å². The van der Waals surface area contributed by atoms with E-state index in [1.807, 2.05) is 30.3 Å². The molecule has 0 unspecified atom stereocenters. The summed E-state index contributed by atoms with van der Waals surface area (Å²) < 4.78 is 5.35. The van der Waals surface area contributed by atoms with Crippen molar-refractivity contribution in [2.75, 3.05) is 24.3 Å². The van der Waals surface area contributed by atoms with Crippen LogP contribution in [0.25, 0.3) is 0 Å². The number of anilines is 2. The van der Waals surface area contributed by atoms with Gasteiger partial charge in [-0.3, -0.25) is 4.79 Å². The SMILES string of the molecule is COc1ccccc1CCNc1ccc(C(=O)Nc2ccc(C#N)cc2)cn1. The number of rotatable bonds is 7. The van der Waals surface area contributed by atoms with Crippen LogP contribution in [0, 0.1) is 11.3 Å². The van der Waals surface area contributed by atoms with Gasteiger partial charge in [-0.15, -0.1) is 0 Å². The lowest BCUT2D eigenvalue weighted by Crippen LogP contribution is -2.13. The normalized spacial score (nSPS) is 10.0. The Morgan fingerprint density at radius 2 is 1.89 bits per heavy atom.